The lowest BCUT2D eigenvalue weighted by atomic mass is 9.93. The third-order valence-electron chi connectivity index (χ3n) is 4.10. The summed E-state index contributed by atoms with van der Waals surface area (Å²) in [5, 5.41) is 0. The van der Waals surface area contributed by atoms with Gasteiger partial charge in [0.2, 0.25) is 5.95 Å². The van der Waals surface area contributed by atoms with E-state index in [0.29, 0.717) is 23.8 Å². The van der Waals surface area contributed by atoms with Crippen molar-refractivity contribution in [3.8, 4) is 0 Å². The number of hydrogen-bond acceptors (Lipinski definition) is 6. The van der Waals surface area contributed by atoms with Crippen LogP contribution in [0.5, 0.6) is 0 Å². The fourth-order valence-electron chi connectivity index (χ4n) is 3.09. The SMILES string of the molecule is CC1NNC(C)C1c1cc(N)nc(N2CCCC2)n1. The van der Waals surface area contributed by atoms with Gasteiger partial charge in [0, 0.05) is 37.2 Å². The minimum absolute atomic E-state index is 0.326. The molecule has 0 spiro atoms. The lowest BCUT2D eigenvalue weighted by molar-refractivity contribution is 0.558. The lowest BCUT2D eigenvalue weighted by Crippen LogP contribution is -2.30. The topological polar surface area (TPSA) is 79.1 Å². The second kappa shape index (κ2) is 4.94. The van der Waals surface area contributed by atoms with Gasteiger partial charge in [0.1, 0.15) is 5.82 Å². The molecule has 0 saturated carbocycles. The Bertz CT molecular complexity index is 446. The molecule has 2 saturated heterocycles. The number of nitrogens with one attached hydrogen (secondary N) is 2. The third-order valence-corrected chi connectivity index (χ3v) is 4.10. The van der Waals surface area contributed by atoms with E-state index < -0.39 is 0 Å². The molecule has 6 heteroatoms. The quantitative estimate of drug-likeness (QED) is 0.725. The van der Waals surface area contributed by atoms with Gasteiger partial charge >= 0.3 is 0 Å². The molecule has 1 aromatic rings. The summed E-state index contributed by atoms with van der Waals surface area (Å²) in [6.45, 7) is 6.40. The summed E-state index contributed by atoms with van der Waals surface area (Å²) in [5.41, 5.74) is 13.5. The number of nitrogens with two attached hydrogens (primary N) is 1. The zero-order valence-electron chi connectivity index (χ0n) is 11.6. The van der Waals surface area contributed by atoms with Gasteiger partial charge < -0.3 is 10.6 Å². The van der Waals surface area contributed by atoms with Crippen LogP contribution in [0.15, 0.2) is 6.07 Å². The summed E-state index contributed by atoms with van der Waals surface area (Å²) in [7, 11) is 0. The highest BCUT2D eigenvalue weighted by molar-refractivity contribution is 5.42. The van der Waals surface area contributed by atoms with Crippen LogP contribution >= 0.6 is 0 Å². The van der Waals surface area contributed by atoms with Crippen LogP contribution in [0.3, 0.4) is 0 Å². The molecule has 0 aliphatic carbocycles. The Kier molecular flexibility index (Phi) is 3.28. The van der Waals surface area contributed by atoms with Gasteiger partial charge in [-0.05, 0) is 26.7 Å². The molecule has 6 nitrogen and oxygen atoms in total. The molecule has 2 atom stereocenters. The molecule has 2 aliphatic heterocycles. The minimum Gasteiger partial charge on any atom is -0.384 e. The minimum atomic E-state index is 0.326. The van der Waals surface area contributed by atoms with Crippen molar-refractivity contribution in [3.05, 3.63) is 11.8 Å². The van der Waals surface area contributed by atoms with Gasteiger partial charge in [-0.25, -0.2) is 4.98 Å². The van der Waals surface area contributed by atoms with E-state index in [1.807, 2.05) is 6.07 Å². The van der Waals surface area contributed by atoms with Crippen molar-refractivity contribution >= 4 is 11.8 Å². The fourth-order valence-corrected chi connectivity index (χ4v) is 3.09. The molecule has 104 valence electrons. The summed E-state index contributed by atoms with van der Waals surface area (Å²) in [6.07, 6.45) is 2.43. The summed E-state index contributed by atoms with van der Waals surface area (Å²) in [6, 6.07) is 2.60. The molecule has 2 fully saturated rings. The summed E-state index contributed by atoms with van der Waals surface area (Å²) >= 11 is 0. The van der Waals surface area contributed by atoms with Crippen molar-refractivity contribution in [2.24, 2.45) is 0 Å². The van der Waals surface area contributed by atoms with Crippen molar-refractivity contribution < 1.29 is 0 Å². The number of nitrogens with zero attached hydrogens (tertiary/aromatic N) is 3. The Morgan fingerprint density at radius 2 is 1.79 bits per heavy atom. The number of rotatable bonds is 2. The van der Waals surface area contributed by atoms with Crippen molar-refractivity contribution in [1.29, 1.82) is 0 Å². The molecule has 0 aromatic carbocycles. The molecule has 3 rings (SSSR count). The molecule has 2 aliphatic rings. The number of hydrogen-bond donors (Lipinski definition) is 3. The van der Waals surface area contributed by atoms with Crippen LogP contribution in [0.4, 0.5) is 11.8 Å². The van der Waals surface area contributed by atoms with Gasteiger partial charge in [0.15, 0.2) is 0 Å². The van der Waals surface area contributed by atoms with E-state index in [2.05, 4.69) is 34.6 Å². The average molecular weight is 262 g/mol. The molecule has 0 radical (unpaired) electrons. The lowest BCUT2D eigenvalue weighted by Gasteiger charge is -2.21. The van der Waals surface area contributed by atoms with Crippen molar-refractivity contribution in [2.75, 3.05) is 23.7 Å². The van der Waals surface area contributed by atoms with Crippen LogP contribution in [0, 0.1) is 0 Å². The Morgan fingerprint density at radius 1 is 1.16 bits per heavy atom. The molecule has 1 aromatic heterocycles. The average Bonchev–Trinajstić information content (AvgIpc) is 2.99. The number of hydrazine groups is 1. The second-order valence-electron chi connectivity index (χ2n) is 5.60. The summed E-state index contributed by atoms with van der Waals surface area (Å²) in [4.78, 5) is 11.4. The van der Waals surface area contributed by atoms with E-state index in [4.69, 9.17) is 10.7 Å². The monoisotopic (exact) mass is 262 g/mol. The predicted octanol–water partition coefficient (Wildman–Crippen LogP) is 0.627. The first-order valence-corrected chi connectivity index (χ1v) is 7.05. The first-order chi connectivity index (χ1) is 9.15. The maximum absolute atomic E-state index is 5.97. The van der Waals surface area contributed by atoms with Crippen LogP contribution in [0.2, 0.25) is 0 Å². The van der Waals surface area contributed by atoms with Crippen LogP contribution in [0.1, 0.15) is 38.3 Å². The molecule has 0 bridgehead atoms. The van der Waals surface area contributed by atoms with Gasteiger partial charge in [0.25, 0.3) is 0 Å². The van der Waals surface area contributed by atoms with E-state index in [1.54, 1.807) is 0 Å². The Labute approximate surface area is 113 Å². The van der Waals surface area contributed by atoms with Crippen LogP contribution in [-0.4, -0.2) is 35.1 Å². The normalized spacial score (nSPS) is 31.1. The molecule has 2 unspecified atom stereocenters. The predicted molar refractivity (Wildman–Crippen MR) is 75.8 cm³/mol. The van der Waals surface area contributed by atoms with E-state index >= 15 is 0 Å². The zero-order chi connectivity index (χ0) is 13.4. The van der Waals surface area contributed by atoms with E-state index in [1.165, 1.54) is 12.8 Å². The van der Waals surface area contributed by atoms with Gasteiger partial charge in [-0.15, -0.1) is 0 Å². The van der Waals surface area contributed by atoms with Crippen molar-refractivity contribution in [3.63, 3.8) is 0 Å². The van der Waals surface area contributed by atoms with Crippen LogP contribution < -0.4 is 21.5 Å². The Balaban J connectivity index is 1.92. The van der Waals surface area contributed by atoms with Crippen LogP contribution in [0.25, 0.3) is 0 Å². The van der Waals surface area contributed by atoms with E-state index in [-0.39, 0.29) is 0 Å². The fraction of sp³-hybridized carbons (Fsp3) is 0.692. The van der Waals surface area contributed by atoms with Gasteiger partial charge in [0.05, 0.1) is 5.69 Å². The maximum atomic E-state index is 5.97. The summed E-state index contributed by atoms with van der Waals surface area (Å²) in [5.74, 6) is 1.68. The number of anilines is 2. The first kappa shape index (κ1) is 12.6. The first-order valence-electron chi connectivity index (χ1n) is 7.05. The second-order valence-corrected chi connectivity index (χ2v) is 5.60. The van der Waals surface area contributed by atoms with Crippen molar-refractivity contribution in [1.82, 2.24) is 20.8 Å². The standard InChI is InChI=1S/C13H22N6/c1-8-12(9(2)18-17-8)10-7-11(14)16-13(15-10)19-5-3-4-6-19/h7-9,12,17-18H,3-6H2,1-2H3,(H2,14,15,16). The highest BCUT2D eigenvalue weighted by atomic mass is 15.4. The Hall–Kier alpha value is -1.40. The molecule has 3 heterocycles. The molecule has 4 N–H and O–H groups in total. The van der Waals surface area contributed by atoms with Gasteiger partial charge in [-0.1, -0.05) is 0 Å². The number of nitrogen functional groups attached to an aromatic ring is 1. The smallest absolute Gasteiger partial charge is 0.227 e. The van der Waals surface area contributed by atoms with E-state index in [0.717, 1.165) is 24.7 Å². The van der Waals surface area contributed by atoms with E-state index in [9.17, 15) is 0 Å². The summed E-state index contributed by atoms with van der Waals surface area (Å²) < 4.78 is 0. The molecule has 19 heavy (non-hydrogen) atoms. The number of aromatic nitrogens is 2. The maximum Gasteiger partial charge on any atom is 0.227 e. The third kappa shape index (κ3) is 2.37. The Morgan fingerprint density at radius 3 is 2.42 bits per heavy atom. The largest absolute Gasteiger partial charge is 0.384 e. The highest BCUT2D eigenvalue weighted by Gasteiger charge is 2.33. The van der Waals surface area contributed by atoms with Gasteiger partial charge in [-0.3, -0.25) is 10.9 Å². The molecular weight excluding hydrogens is 240 g/mol. The molecule has 0 amide bonds. The molecular formula is C13H22N6. The van der Waals surface area contributed by atoms with Crippen LogP contribution in [-0.2, 0) is 0 Å². The highest BCUT2D eigenvalue weighted by Crippen LogP contribution is 2.28. The zero-order valence-corrected chi connectivity index (χ0v) is 11.6. The van der Waals surface area contributed by atoms with Gasteiger partial charge in [-0.2, -0.15) is 4.98 Å². The van der Waals surface area contributed by atoms with Crippen molar-refractivity contribution in [2.45, 2.75) is 44.7 Å².